The van der Waals surface area contributed by atoms with E-state index in [9.17, 15) is 0 Å². The van der Waals surface area contributed by atoms with Crippen LogP contribution in [0.2, 0.25) is 0 Å². The van der Waals surface area contributed by atoms with Crippen molar-refractivity contribution in [2.75, 3.05) is 0 Å². The van der Waals surface area contributed by atoms with Crippen LogP contribution in [0.3, 0.4) is 0 Å². The molecule has 1 rings (SSSR count). The Morgan fingerprint density at radius 1 is 1.31 bits per heavy atom. The van der Waals surface area contributed by atoms with Crippen molar-refractivity contribution in [1.29, 1.82) is 0 Å². The molecule has 1 aromatic heterocycles. The highest BCUT2D eigenvalue weighted by Crippen LogP contribution is 2.08. The summed E-state index contributed by atoms with van der Waals surface area (Å²) in [6.07, 6.45) is 0. The molecule has 0 saturated carbocycles. The fraction of sp³-hybridized carbons (Fsp3) is 0.250. The zero-order valence-corrected chi connectivity index (χ0v) is 7.35. The average molecular weight is 182 g/mol. The molecule has 70 valence electrons. The summed E-state index contributed by atoms with van der Waals surface area (Å²) in [4.78, 5) is 0. The van der Waals surface area contributed by atoms with E-state index < -0.39 is 0 Å². The van der Waals surface area contributed by atoms with Gasteiger partial charge in [0.15, 0.2) is 11.5 Å². The minimum absolute atomic E-state index is 0.121. The Morgan fingerprint density at radius 3 is 2.38 bits per heavy atom. The Labute approximate surface area is 75.0 Å². The van der Waals surface area contributed by atoms with E-state index in [0.29, 0.717) is 11.5 Å². The molecule has 1 heterocycles. The molecule has 0 radical (unpaired) electrons. The Morgan fingerprint density at radius 2 is 2.00 bits per heavy atom. The van der Waals surface area contributed by atoms with E-state index >= 15 is 0 Å². The van der Waals surface area contributed by atoms with Crippen LogP contribution in [-0.4, -0.2) is 21.8 Å². The van der Waals surface area contributed by atoms with Crippen LogP contribution in [0.4, 0.5) is 0 Å². The van der Waals surface area contributed by atoms with Gasteiger partial charge < -0.3 is 14.8 Å². The van der Waals surface area contributed by atoms with Gasteiger partial charge >= 0.3 is 0 Å². The van der Waals surface area contributed by atoms with Gasteiger partial charge in [0.05, 0.1) is 0 Å². The highest BCUT2D eigenvalue weighted by Gasteiger charge is 2.12. The standard InChI is InChI=1S/C8H10N2O3/c1-5-3-4-7(13-5)8(10-12)6(2)9-11/h3-4,11-12H,1-2H3/b9-6+,10-8+. The van der Waals surface area contributed by atoms with Crippen LogP contribution >= 0.6 is 0 Å². The second-order valence-corrected chi connectivity index (χ2v) is 2.54. The maximum atomic E-state index is 8.63. The van der Waals surface area contributed by atoms with Crippen molar-refractivity contribution in [2.45, 2.75) is 13.8 Å². The van der Waals surface area contributed by atoms with Crippen LogP contribution in [-0.2, 0) is 0 Å². The first-order chi connectivity index (χ1) is 6.19. The molecule has 2 N–H and O–H groups in total. The van der Waals surface area contributed by atoms with Crippen molar-refractivity contribution in [1.82, 2.24) is 0 Å². The first-order valence-electron chi connectivity index (χ1n) is 3.67. The summed E-state index contributed by atoms with van der Waals surface area (Å²) < 4.78 is 5.18. The third-order valence-electron chi connectivity index (χ3n) is 1.57. The van der Waals surface area contributed by atoms with E-state index in [1.165, 1.54) is 6.92 Å². The lowest BCUT2D eigenvalue weighted by Gasteiger charge is -1.96. The molecule has 0 aromatic carbocycles. The Balaban J connectivity index is 3.06. The zero-order chi connectivity index (χ0) is 9.84. The van der Waals surface area contributed by atoms with Gasteiger partial charge in [0, 0.05) is 0 Å². The third-order valence-corrected chi connectivity index (χ3v) is 1.57. The summed E-state index contributed by atoms with van der Waals surface area (Å²) >= 11 is 0. The molecule has 0 saturated heterocycles. The van der Waals surface area contributed by atoms with Crippen molar-refractivity contribution in [3.63, 3.8) is 0 Å². The van der Waals surface area contributed by atoms with Gasteiger partial charge in [-0.25, -0.2) is 0 Å². The molecule has 0 aliphatic carbocycles. The summed E-state index contributed by atoms with van der Waals surface area (Å²) in [6.45, 7) is 3.27. The van der Waals surface area contributed by atoms with Crippen molar-refractivity contribution < 1.29 is 14.8 Å². The molecule has 0 aliphatic heterocycles. The van der Waals surface area contributed by atoms with Crippen molar-refractivity contribution in [2.24, 2.45) is 10.3 Å². The SMILES string of the molecule is CC(=N\O)/C(=N\O)c1ccc(C)o1. The Kier molecular flexibility index (Phi) is 2.69. The van der Waals surface area contributed by atoms with Crippen molar-refractivity contribution >= 4 is 11.4 Å². The molecule has 0 amide bonds. The lowest BCUT2D eigenvalue weighted by atomic mass is 10.2. The molecule has 0 bridgehead atoms. The molecular formula is C8H10N2O3. The second-order valence-electron chi connectivity index (χ2n) is 2.54. The largest absolute Gasteiger partial charge is 0.460 e. The molecule has 0 fully saturated rings. The van der Waals surface area contributed by atoms with E-state index in [1.54, 1.807) is 19.1 Å². The minimum Gasteiger partial charge on any atom is -0.460 e. The predicted molar refractivity (Wildman–Crippen MR) is 46.7 cm³/mol. The van der Waals surface area contributed by atoms with Crippen LogP contribution in [0.15, 0.2) is 26.9 Å². The first kappa shape index (κ1) is 9.31. The van der Waals surface area contributed by atoms with Gasteiger partial charge in [-0.15, -0.1) is 0 Å². The van der Waals surface area contributed by atoms with Gasteiger partial charge in [0.2, 0.25) is 0 Å². The Bertz CT molecular complexity index is 352. The van der Waals surface area contributed by atoms with Crippen LogP contribution < -0.4 is 0 Å². The van der Waals surface area contributed by atoms with Crippen LogP contribution in [0.1, 0.15) is 18.4 Å². The Hall–Kier alpha value is -1.78. The number of hydrogen-bond donors (Lipinski definition) is 2. The van der Waals surface area contributed by atoms with Crippen LogP contribution in [0.5, 0.6) is 0 Å². The molecule has 1 aromatic rings. The maximum absolute atomic E-state index is 8.63. The predicted octanol–water partition coefficient (Wildman–Crippen LogP) is 1.62. The molecule has 0 spiro atoms. The number of nitrogens with zero attached hydrogens (tertiary/aromatic N) is 2. The van der Waals surface area contributed by atoms with Gasteiger partial charge in [-0.2, -0.15) is 0 Å². The highest BCUT2D eigenvalue weighted by atomic mass is 16.4. The normalized spacial score (nSPS) is 13.4. The first-order valence-corrected chi connectivity index (χ1v) is 3.67. The number of oxime groups is 2. The number of furan rings is 1. The molecular weight excluding hydrogens is 172 g/mol. The molecule has 13 heavy (non-hydrogen) atoms. The maximum Gasteiger partial charge on any atom is 0.169 e. The monoisotopic (exact) mass is 182 g/mol. The second kappa shape index (κ2) is 3.75. The third kappa shape index (κ3) is 1.87. The summed E-state index contributed by atoms with van der Waals surface area (Å²) in [6, 6.07) is 3.37. The van der Waals surface area contributed by atoms with Gasteiger partial charge in [0.25, 0.3) is 0 Å². The van der Waals surface area contributed by atoms with E-state index in [4.69, 9.17) is 14.8 Å². The summed E-state index contributed by atoms with van der Waals surface area (Å²) in [5.41, 5.74) is 0.312. The van der Waals surface area contributed by atoms with Gasteiger partial charge in [0.1, 0.15) is 11.5 Å². The zero-order valence-electron chi connectivity index (χ0n) is 7.35. The number of hydrogen-bond acceptors (Lipinski definition) is 5. The lowest BCUT2D eigenvalue weighted by molar-refractivity contribution is 0.313. The summed E-state index contributed by atoms with van der Waals surface area (Å²) in [5, 5.41) is 23.0. The molecule has 0 atom stereocenters. The fourth-order valence-corrected chi connectivity index (χ4v) is 0.909. The lowest BCUT2D eigenvalue weighted by Crippen LogP contribution is -2.11. The number of aryl methyl sites for hydroxylation is 1. The van der Waals surface area contributed by atoms with Gasteiger partial charge in [-0.3, -0.25) is 0 Å². The van der Waals surface area contributed by atoms with Crippen molar-refractivity contribution in [3.8, 4) is 0 Å². The number of rotatable bonds is 2. The average Bonchev–Trinajstić information content (AvgIpc) is 2.53. The van der Waals surface area contributed by atoms with Crippen LogP contribution in [0, 0.1) is 6.92 Å². The van der Waals surface area contributed by atoms with E-state index in [0.717, 1.165) is 0 Å². The van der Waals surface area contributed by atoms with E-state index in [1.807, 2.05) is 0 Å². The van der Waals surface area contributed by atoms with Gasteiger partial charge in [-0.1, -0.05) is 10.3 Å². The van der Waals surface area contributed by atoms with E-state index in [2.05, 4.69) is 10.3 Å². The summed E-state index contributed by atoms with van der Waals surface area (Å²) in [5.74, 6) is 1.07. The fourth-order valence-electron chi connectivity index (χ4n) is 0.909. The molecule has 5 heteroatoms. The quantitative estimate of drug-likeness (QED) is 0.414. The van der Waals surface area contributed by atoms with Crippen LogP contribution in [0.25, 0.3) is 0 Å². The van der Waals surface area contributed by atoms with Gasteiger partial charge in [-0.05, 0) is 26.0 Å². The molecule has 0 aliphatic rings. The highest BCUT2D eigenvalue weighted by molar-refractivity contribution is 6.46. The molecule has 0 unspecified atom stereocenters. The molecule has 5 nitrogen and oxygen atoms in total. The topological polar surface area (TPSA) is 78.3 Å². The smallest absolute Gasteiger partial charge is 0.169 e. The summed E-state index contributed by atoms with van der Waals surface area (Å²) in [7, 11) is 0. The van der Waals surface area contributed by atoms with Crippen molar-refractivity contribution in [3.05, 3.63) is 23.7 Å². The van der Waals surface area contributed by atoms with E-state index in [-0.39, 0.29) is 11.4 Å². The minimum atomic E-state index is 0.121.